The standard InChI is InChI=1S/C12H20N4O/c1-4-5-6-13-9-12(17)16(3)11-7-14-10(2)15-8-11/h7-8,13H,4-6,9H2,1-3H3. The van der Waals surface area contributed by atoms with Gasteiger partial charge in [-0.2, -0.15) is 0 Å². The van der Waals surface area contributed by atoms with Crippen molar-refractivity contribution in [1.82, 2.24) is 15.3 Å². The minimum Gasteiger partial charge on any atom is -0.312 e. The van der Waals surface area contributed by atoms with Gasteiger partial charge in [-0.3, -0.25) is 4.79 Å². The van der Waals surface area contributed by atoms with E-state index in [0.29, 0.717) is 12.4 Å². The summed E-state index contributed by atoms with van der Waals surface area (Å²) in [6.07, 6.45) is 5.53. The predicted octanol–water partition coefficient (Wildman–Crippen LogP) is 1.14. The number of nitrogens with one attached hydrogen (secondary N) is 1. The second kappa shape index (κ2) is 6.96. The molecule has 5 nitrogen and oxygen atoms in total. The maximum atomic E-state index is 11.8. The Bertz CT molecular complexity index is 350. The lowest BCUT2D eigenvalue weighted by Crippen LogP contribution is -2.36. The monoisotopic (exact) mass is 236 g/mol. The Balaban J connectivity index is 2.43. The van der Waals surface area contributed by atoms with Crippen molar-refractivity contribution >= 4 is 11.6 Å². The van der Waals surface area contributed by atoms with E-state index in [-0.39, 0.29) is 5.91 Å². The number of unbranched alkanes of at least 4 members (excludes halogenated alkanes) is 1. The summed E-state index contributed by atoms with van der Waals surface area (Å²) in [6, 6.07) is 0. The molecule has 1 amide bonds. The van der Waals surface area contributed by atoms with Crippen LogP contribution < -0.4 is 10.2 Å². The van der Waals surface area contributed by atoms with Crippen LogP contribution in [0, 0.1) is 6.92 Å². The first-order chi connectivity index (χ1) is 8.15. The average Bonchev–Trinajstić information content (AvgIpc) is 2.34. The van der Waals surface area contributed by atoms with Gasteiger partial charge in [-0.15, -0.1) is 0 Å². The molecule has 0 spiro atoms. The molecule has 0 saturated carbocycles. The Hall–Kier alpha value is -1.49. The molecule has 0 saturated heterocycles. The number of anilines is 1. The topological polar surface area (TPSA) is 58.1 Å². The van der Waals surface area contributed by atoms with Crippen LogP contribution in [0.2, 0.25) is 0 Å². The highest BCUT2D eigenvalue weighted by Gasteiger charge is 2.10. The van der Waals surface area contributed by atoms with Crippen LogP contribution in [-0.4, -0.2) is 36.0 Å². The van der Waals surface area contributed by atoms with Crippen molar-refractivity contribution < 1.29 is 4.79 Å². The van der Waals surface area contributed by atoms with Crippen molar-refractivity contribution in [2.75, 3.05) is 25.0 Å². The van der Waals surface area contributed by atoms with Crippen molar-refractivity contribution in [3.63, 3.8) is 0 Å². The summed E-state index contributed by atoms with van der Waals surface area (Å²) in [5.41, 5.74) is 0.720. The fourth-order valence-corrected chi connectivity index (χ4v) is 1.32. The second-order valence-corrected chi connectivity index (χ2v) is 3.97. The average molecular weight is 236 g/mol. The van der Waals surface area contributed by atoms with Crippen molar-refractivity contribution in [2.24, 2.45) is 0 Å². The lowest BCUT2D eigenvalue weighted by Gasteiger charge is -2.16. The molecule has 5 heteroatoms. The number of nitrogens with zero attached hydrogens (tertiary/aromatic N) is 3. The normalized spacial score (nSPS) is 10.3. The number of likely N-dealkylation sites (N-methyl/N-ethyl adjacent to an activating group) is 1. The Labute approximate surface area is 102 Å². The molecule has 0 aliphatic rings. The molecule has 0 fully saturated rings. The summed E-state index contributed by atoms with van der Waals surface area (Å²) in [6.45, 7) is 5.17. The molecule has 0 atom stereocenters. The van der Waals surface area contributed by atoms with Gasteiger partial charge < -0.3 is 10.2 Å². The number of carbonyl (C=O) groups excluding carboxylic acids is 1. The van der Waals surface area contributed by atoms with E-state index in [1.807, 2.05) is 6.92 Å². The van der Waals surface area contributed by atoms with Crippen LogP contribution in [0.5, 0.6) is 0 Å². The highest BCUT2D eigenvalue weighted by atomic mass is 16.2. The molecular weight excluding hydrogens is 216 g/mol. The molecule has 1 heterocycles. The molecule has 1 rings (SSSR count). The predicted molar refractivity (Wildman–Crippen MR) is 68.0 cm³/mol. The van der Waals surface area contributed by atoms with Crippen molar-refractivity contribution in [2.45, 2.75) is 26.7 Å². The van der Waals surface area contributed by atoms with Crippen LogP contribution in [0.3, 0.4) is 0 Å². The van der Waals surface area contributed by atoms with Gasteiger partial charge in [0, 0.05) is 7.05 Å². The summed E-state index contributed by atoms with van der Waals surface area (Å²) in [7, 11) is 1.73. The number of amides is 1. The van der Waals surface area contributed by atoms with E-state index in [2.05, 4.69) is 22.2 Å². The van der Waals surface area contributed by atoms with Crippen LogP contribution in [0.15, 0.2) is 12.4 Å². The van der Waals surface area contributed by atoms with Gasteiger partial charge in [-0.25, -0.2) is 9.97 Å². The van der Waals surface area contributed by atoms with Crippen LogP contribution in [0.4, 0.5) is 5.69 Å². The first-order valence-electron chi connectivity index (χ1n) is 5.91. The van der Waals surface area contributed by atoms with E-state index in [4.69, 9.17) is 0 Å². The Morgan fingerprint density at radius 1 is 1.41 bits per heavy atom. The molecule has 0 aliphatic heterocycles. The number of aromatic nitrogens is 2. The smallest absolute Gasteiger partial charge is 0.240 e. The third kappa shape index (κ3) is 4.48. The quantitative estimate of drug-likeness (QED) is 0.752. The number of carbonyl (C=O) groups is 1. The summed E-state index contributed by atoms with van der Waals surface area (Å²) in [5.74, 6) is 0.726. The highest BCUT2D eigenvalue weighted by Crippen LogP contribution is 2.08. The van der Waals surface area contributed by atoms with Gasteiger partial charge in [-0.05, 0) is 19.9 Å². The van der Waals surface area contributed by atoms with E-state index in [1.165, 1.54) is 0 Å². The molecule has 1 aromatic heterocycles. The third-order valence-electron chi connectivity index (χ3n) is 2.51. The van der Waals surface area contributed by atoms with Gasteiger partial charge in [0.15, 0.2) is 0 Å². The van der Waals surface area contributed by atoms with E-state index in [0.717, 1.165) is 25.1 Å². The number of rotatable bonds is 6. The Morgan fingerprint density at radius 2 is 2.06 bits per heavy atom. The lowest BCUT2D eigenvalue weighted by atomic mass is 10.3. The zero-order chi connectivity index (χ0) is 12.7. The first kappa shape index (κ1) is 13.6. The molecule has 0 aromatic carbocycles. The first-order valence-corrected chi connectivity index (χ1v) is 5.91. The molecule has 0 bridgehead atoms. The third-order valence-corrected chi connectivity index (χ3v) is 2.51. The fraction of sp³-hybridized carbons (Fsp3) is 0.583. The molecule has 0 unspecified atom stereocenters. The van der Waals surface area contributed by atoms with Crippen LogP contribution in [0.25, 0.3) is 0 Å². The lowest BCUT2D eigenvalue weighted by molar-refractivity contribution is -0.117. The van der Waals surface area contributed by atoms with Crippen LogP contribution in [0.1, 0.15) is 25.6 Å². The maximum Gasteiger partial charge on any atom is 0.240 e. The molecule has 1 N–H and O–H groups in total. The summed E-state index contributed by atoms with van der Waals surface area (Å²) in [5, 5.41) is 3.12. The number of hydrogen-bond donors (Lipinski definition) is 1. The SMILES string of the molecule is CCCCNCC(=O)N(C)c1cnc(C)nc1. The Morgan fingerprint density at radius 3 is 2.65 bits per heavy atom. The summed E-state index contributed by atoms with van der Waals surface area (Å²) < 4.78 is 0. The summed E-state index contributed by atoms with van der Waals surface area (Å²) in [4.78, 5) is 21.5. The second-order valence-electron chi connectivity index (χ2n) is 3.97. The van der Waals surface area contributed by atoms with Crippen molar-refractivity contribution in [3.8, 4) is 0 Å². The largest absolute Gasteiger partial charge is 0.312 e. The molecule has 94 valence electrons. The number of hydrogen-bond acceptors (Lipinski definition) is 4. The highest BCUT2D eigenvalue weighted by molar-refractivity contribution is 5.93. The zero-order valence-electron chi connectivity index (χ0n) is 10.7. The van der Waals surface area contributed by atoms with Gasteiger partial charge in [0.2, 0.25) is 5.91 Å². The molecular formula is C12H20N4O. The van der Waals surface area contributed by atoms with Gasteiger partial charge in [0.05, 0.1) is 24.6 Å². The van der Waals surface area contributed by atoms with Crippen molar-refractivity contribution in [1.29, 1.82) is 0 Å². The van der Waals surface area contributed by atoms with Crippen molar-refractivity contribution in [3.05, 3.63) is 18.2 Å². The van der Waals surface area contributed by atoms with E-state index in [9.17, 15) is 4.79 Å². The minimum absolute atomic E-state index is 0.0218. The van der Waals surface area contributed by atoms with E-state index < -0.39 is 0 Å². The van der Waals surface area contributed by atoms with Crippen LogP contribution >= 0.6 is 0 Å². The van der Waals surface area contributed by atoms with Gasteiger partial charge in [-0.1, -0.05) is 13.3 Å². The van der Waals surface area contributed by atoms with Crippen LogP contribution in [-0.2, 0) is 4.79 Å². The van der Waals surface area contributed by atoms with E-state index >= 15 is 0 Å². The minimum atomic E-state index is 0.0218. The molecule has 0 aliphatic carbocycles. The van der Waals surface area contributed by atoms with E-state index in [1.54, 1.807) is 24.3 Å². The molecule has 1 aromatic rings. The maximum absolute atomic E-state index is 11.8. The Kier molecular flexibility index (Phi) is 5.56. The fourth-order valence-electron chi connectivity index (χ4n) is 1.32. The van der Waals surface area contributed by atoms with Gasteiger partial charge in [0.25, 0.3) is 0 Å². The molecule has 17 heavy (non-hydrogen) atoms. The zero-order valence-corrected chi connectivity index (χ0v) is 10.7. The summed E-state index contributed by atoms with van der Waals surface area (Å²) >= 11 is 0. The molecule has 0 radical (unpaired) electrons. The van der Waals surface area contributed by atoms with Gasteiger partial charge in [0.1, 0.15) is 5.82 Å². The number of aryl methyl sites for hydroxylation is 1. The van der Waals surface area contributed by atoms with Gasteiger partial charge >= 0.3 is 0 Å².